The Kier molecular flexibility index (Phi) is 4.03. The molecule has 0 amide bonds. The lowest BCUT2D eigenvalue weighted by Gasteiger charge is -2.42. The average molecular weight is 250 g/mol. The molecular weight excluding hydrogens is 227 g/mol. The monoisotopic (exact) mass is 250 g/mol. The van der Waals surface area contributed by atoms with Crippen molar-refractivity contribution in [1.29, 1.82) is 0 Å². The highest BCUT2D eigenvalue weighted by atomic mass is 19.1. The third kappa shape index (κ3) is 2.90. The molecule has 1 fully saturated rings. The van der Waals surface area contributed by atoms with Crippen LogP contribution in [0.2, 0.25) is 0 Å². The minimum absolute atomic E-state index is 0.160. The molecule has 0 saturated carbocycles. The van der Waals surface area contributed by atoms with Crippen molar-refractivity contribution in [3.8, 4) is 0 Å². The normalized spacial score (nSPS) is 21.8. The second-order valence-corrected chi connectivity index (χ2v) is 5.57. The van der Waals surface area contributed by atoms with Crippen LogP contribution in [0.15, 0.2) is 24.3 Å². The molecule has 0 aliphatic carbocycles. The summed E-state index contributed by atoms with van der Waals surface area (Å²) < 4.78 is 12.9. The quantitative estimate of drug-likeness (QED) is 0.887. The van der Waals surface area contributed by atoms with Gasteiger partial charge < -0.3 is 5.32 Å². The van der Waals surface area contributed by atoms with Crippen molar-refractivity contribution in [2.24, 2.45) is 0 Å². The van der Waals surface area contributed by atoms with Gasteiger partial charge >= 0.3 is 0 Å². The Hall–Kier alpha value is -0.930. The molecule has 1 aliphatic heterocycles. The summed E-state index contributed by atoms with van der Waals surface area (Å²) in [5, 5.41) is 3.41. The molecule has 0 radical (unpaired) electrons. The molecule has 18 heavy (non-hydrogen) atoms. The topological polar surface area (TPSA) is 15.3 Å². The lowest BCUT2D eigenvalue weighted by molar-refractivity contribution is 0.117. The molecule has 1 heterocycles. The Morgan fingerprint density at radius 3 is 2.28 bits per heavy atom. The maximum Gasteiger partial charge on any atom is 0.123 e. The lowest BCUT2D eigenvalue weighted by atomic mass is 9.88. The zero-order valence-corrected chi connectivity index (χ0v) is 11.5. The molecule has 0 spiro atoms. The van der Waals surface area contributed by atoms with Gasteiger partial charge in [0, 0.05) is 24.7 Å². The number of rotatable bonds is 3. The molecular formula is C15H23FN2. The third-order valence-electron chi connectivity index (χ3n) is 4.41. The van der Waals surface area contributed by atoms with Gasteiger partial charge in [0.05, 0.1) is 0 Å². The van der Waals surface area contributed by atoms with Crippen LogP contribution >= 0.6 is 0 Å². The molecule has 100 valence electrons. The number of piperidine rings is 1. The van der Waals surface area contributed by atoms with Crippen LogP contribution in [0.1, 0.15) is 38.3 Å². The maximum absolute atomic E-state index is 12.9. The van der Waals surface area contributed by atoms with E-state index in [9.17, 15) is 4.39 Å². The van der Waals surface area contributed by atoms with Crippen molar-refractivity contribution < 1.29 is 4.39 Å². The van der Waals surface area contributed by atoms with Gasteiger partial charge in [-0.3, -0.25) is 4.90 Å². The Morgan fingerprint density at radius 1 is 1.22 bits per heavy atom. The summed E-state index contributed by atoms with van der Waals surface area (Å²) >= 11 is 0. The maximum atomic E-state index is 12.9. The second kappa shape index (κ2) is 5.37. The largest absolute Gasteiger partial charge is 0.314 e. The fourth-order valence-electron chi connectivity index (χ4n) is 2.61. The fourth-order valence-corrected chi connectivity index (χ4v) is 2.61. The molecule has 0 bridgehead atoms. The summed E-state index contributed by atoms with van der Waals surface area (Å²) in [6.07, 6.45) is 2.32. The number of halogens is 1. The van der Waals surface area contributed by atoms with Gasteiger partial charge in [0.15, 0.2) is 0 Å². The van der Waals surface area contributed by atoms with E-state index in [1.165, 1.54) is 5.56 Å². The molecule has 0 aromatic heterocycles. The molecule has 1 atom stereocenters. The highest BCUT2D eigenvalue weighted by molar-refractivity contribution is 5.19. The lowest BCUT2D eigenvalue weighted by Crippen LogP contribution is -2.50. The van der Waals surface area contributed by atoms with E-state index >= 15 is 0 Å². The molecule has 1 aromatic rings. The van der Waals surface area contributed by atoms with Crippen LogP contribution in [0, 0.1) is 5.82 Å². The molecule has 3 heteroatoms. The van der Waals surface area contributed by atoms with Crippen LogP contribution in [0.4, 0.5) is 4.39 Å². The van der Waals surface area contributed by atoms with Gasteiger partial charge in [0.1, 0.15) is 5.82 Å². The summed E-state index contributed by atoms with van der Waals surface area (Å²) in [6, 6.07) is 7.26. The molecule has 2 nitrogen and oxygen atoms in total. The van der Waals surface area contributed by atoms with Crippen LogP contribution < -0.4 is 5.32 Å². The van der Waals surface area contributed by atoms with Crippen LogP contribution in [-0.2, 0) is 0 Å². The first-order valence-corrected chi connectivity index (χ1v) is 6.72. The van der Waals surface area contributed by atoms with E-state index in [1.54, 1.807) is 12.1 Å². The van der Waals surface area contributed by atoms with E-state index in [0.717, 1.165) is 25.9 Å². The highest BCUT2D eigenvalue weighted by Crippen LogP contribution is 2.28. The summed E-state index contributed by atoms with van der Waals surface area (Å²) in [4.78, 5) is 2.48. The van der Waals surface area contributed by atoms with Gasteiger partial charge in [0.25, 0.3) is 0 Å². The van der Waals surface area contributed by atoms with Gasteiger partial charge in [-0.15, -0.1) is 0 Å². The van der Waals surface area contributed by atoms with Crippen molar-refractivity contribution in [3.63, 3.8) is 0 Å². The molecule has 1 saturated heterocycles. The van der Waals surface area contributed by atoms with Crippen LogP contribution in [0.25, 0.3) is 0 Å². The van der Waals surface area contributed by atoms with E-state index in [0.29, 0.717) is 6.04 Å². The first kappa shape index (κ1) is 13.5. The van der Waals surface area contributed by atoms with E-state index in [4.69, 9.17) is 0 Å². The highest BCUT2D eigenvalue weighted by Gasteiger charge is 2.30. The third-order valence-corrected chi connectivity index (χ3v) is 4.41. The number of likely N-dealkylation sites (tertiary alicyclic amines) is 1. The van der Waals surface area contributed by atoms with E-state index < -0.39 is 0 Å². The van der Waals surface area contributed by atoms with Crippen molar-refractivity contribution in [3.05, 3.63) is 35.6 Å². The van der Waals surface area contributed by atoms with Crippen molar-refractivity contribution >= 4 is 0 Å². The van der Waals surface area contributed by atoms with Gasteiger partial charge in [-0.2, -0.15) is 0 Å². The van der Waals surface area contributed by atoms with Crippen molar-refractivity contribution in [2.45, 2.75) is 38.3 Å². The second-order valence-electron chi connectivity index (χ2n) is 5.57. The van der Waals surface area contributed by atoms with Gasteiger partial charge in [-0.25, -0.2) is 4.39 Å². The molecule has 1 N–H and O–H groups in total. The molecule has 2 rings (SSSR count). The van der Waals surface area contributed by atoms with Crippen LogP contribution in [0.5, 0.6) is 0 Å². The Balaban J connectivity index is 1.99. The summed E-state index contributed by atoms with van der Waals surface area (Å²) in [6.45, 7) is 6.67. The summed E-state index contributed by atoms with van der Waals surface area (Å²) in [5.41, 5.74) is 1.48. The SMILES string of the molecule is CNC1(C)CCN(C(C)c2ccc(F)cc2)CC1. The number of nitrogens with zero attached hydrogens (tertiary/aromatic N) is 1. The fraction of sp³-hybridized carbons (Fsp3) is 0.600. The Labute approximate surface area is 109 Å². The van der Waals surface area contributed by atoms with Crippen LogP contribution in [-0.4, -0.2) is 30.6 Å². The number of hydrogen-bond acceptors (Lipinski definition) is 2. The Bertz CT molecular complexity index is 380. The van der Waals surface area contributed by atoms with Gasteiger partial charge in [0.2, 0.25) is 0 Å². The number of hydrogen-bond donors (Lipinski definition) is 1. The minimum atomic E-state index is -0.160. The van der Waals surface area contributed by atoms with Crippen molar-refractivity contribution in [2.75, 3.05) is 20.1 Å². The predicted octanol–water partition coefficient (Wildman–Crippen LogP) is 2.96. The summed E-state index contributed by atoms with van der Waals surface area (Å²) in [7, 11) is 2.04. The number of benzene rings is 1. The van der Waals surface area contributed by atoms with Gasteiger partial charge in [-0.05, 0) is 51.4 Å². The molecule has 1 aromatic carbocycles. The van der Waals surface area contributed by atoms with Crippen LogP contribution in [0.3, 0.4) is 0 Å². The van der Waals surface area contributed by atoms with Gasteiger partial charge in [-0.1, -0.05) is 12.1 Å². The molecule has 1 unspecified atom stereocenters. The molecule has 1 aliphatic rings. The average Bonchev–Trinajstić information content (AvgIpc) is 2.40. The predicted molar refractivity (Wildman–Crippen MR) is 73.1 cm³/mol. The minimum Gasteiger partial charge on any atom is -0.314 e. The standard InChI is InChI=1S/C15H23FN2/c1-12(13-4-6-14(16)7-5-13)18-10-8-15(2,17-3)9-11-18/h4-7,12,17H,8-11H2,1-3H3. The first-order valence-electron chi connectivity index (χ1n) is 6.72. The van der Waals surface area contributed by atoms with E-state index in [1.807, 2.05) is 19.2 Å². The summed E-state index contributed by atoms with van der Waals surface area (Å²) in [5.74, 6) is -0.160. The smallest absolute Gasteiger partial charge is 0.123 e. The van der Waals surface area contributed by atoms with E-state index in [-0.39, 0.29) is 11.4 Å². The number of nitrogens with one attached hydrogen (secondary N) is 1. The van der Waals surface area contributed by atoms with Crippen molar-refractivity contribution in [1.82, 2.24) is 10.2 Å². The zero-order chi connectivity index (χ0) is 13.2. The Morgan fingerprint density at radius 2 is 1.78 bits per heavy atom. The van der Waals surface area contributed by atoms with E-state index in [2.05, 4.69) is 24.1 Å². The zero-order valence-electron chi connectivity index (χ0n) is 11.5. The first-order chi connectivity index (χ1) is 8.54.